The number of rotatable bonds is 7. The van der Waals surface area contributed by atoms with Crippen molar-refractivity contribution >= 4 is 0 Å². The highest BCUT2D eigenvalue weighted by atomic mass is 16.5. The molecule has 4 nitrogen and oxygen atoms in total. The third-order valence-corrected chi connectivity index (χ3v) is 3.48. The van der Waals surface area contributed by atoms with E-state index < -0.39 is 0 Å². The van der Waals surface area contributed by atoms with E-state index in [9.17, 15) is 0 Å². The van der Waals surface area contributed by atoms with Gasteiger partial charge in [-0.25, -0.2) is 0 Å². The van der Waals surface area contributed by atoms with Gasteiger partial charge in [-0.15, -0.1) is 0 Å². The maximum atomic E-state index is 5.91. The molecule has 0 amide bonds. The summed E-state index contributed by atoms with van der Waals surface area (Å²) in [7, 11) is 2.11. The van der Waals surface area contributed by atoms with Crippen molar-refractivity contribution in [2.75, 3.05) is 33.4 Å². The molecule has 1 fully saturated rings. The minimum atomic E-state index is 0.306. The summed E-state index contributed by atoms with van der Waals surface area (Å²) in [6.07, 6.45) is 1.95. The average molecular weight is 264 g/mol. The van der Waals surface area contributed by atoms with Crippen LogP contribution in [-0.2, 0) is 4.74 Å². The first-order chi connectivity index (χ1) is 9.25. The second-order valence-corrected chi connectivity index (χ2v) is 5.18. The molecule has 0 spiro atoms. The van der Waals surface area contributed by atoms with Gasteiger partial charge in [0.2, 0.25) is 0 Å². The number of hydrogen-bond acceptors (Lipinski definition) is 4. The lowest BCUT2D eigenvalue weighted by Crippen LogP contribution is -2.30. The molecule has 4 heteroatoms. The highest BCUT2D eigenvalue weighted by molar-refractivity contribution is 5.20. The largest absolute Gasteiger partial charge is 0.494 e. The van der Waals surface area contributed by atoms with Crippen molar-refractivity contribution in [3.63, 3.8) is 0 Å². The van der Waals surface area contributed by atoms with Crippen LogP contribution in [0.3, 0.4) is 0 Å². The molecule has 0 aliphatic carbocycles. The number of hydrogen-bond donors (Lipinski definition) is 1. The lowest BCUT2D eigenvalue weighted by Gasteiger charge is -2.18. The summed E-state index contributed by atoms with van der Waals surface area (Å²) >= 11 is 0. The number of para-hydroxylation sites is 1. The molecule has 0 aromatic heterocycles. The second kappa shape index (κ2) is 7.48. The van der Waals surface area contributed by atoms with Gasteiger partial charge in [-0.3, -0.25) is 4.90 Å². The zero-order chi connectivity index (χ0) is 13.5. The molecule has 1 aromatic rings. The Hall–Kier alpha value is -1.10. The first-order valence-electron chi connectivity index (χ1n) is 6.97. The Morgan fingerprint density at radius 3 is 2.74 bits per heavy atom. The van der Waals surface area contributed by atoms with E-state index in [0.29, 0.717) is 18.7 Å². The van der Waals surface area contributed by atoms with Crippen LogP contribution in [0.15, 0.2) is 30.3 Å². The summed E-state index contributed by atoms with van der Waals surface area (Å²) in [4.78, 5) is 2.28. The van der Waals surface area contributed by atoms with Crippen LogP contribution >= 0.6 is 0 Å². The minimum Gasteiger partial charge on any atom is -0.494 e. The van der Waals surface area contributed by atoms with E-state index in [1.165, 1.54) is 0 Å². The van der Waals surface area contributed by atoms with E-state index in [-0.39, 0.29) is 0 Å². The lowest BCUT2D eigenvalue weighted by molar-refractivity contribution is 0.0774. The van der Waals surface area contributed by atoms with Crippen molar-refractivity contribution < 1.29 is 9.47 Å². The summed E-state index contributed by atoms with van der Waals surface area (Å²) in [6.45, 7) is 3.19. The van der Waals surface area contributed by atoms with Crippen molar-refractivity contribution in [1.29, 1.82) is 0 Å². The Morgan fingerprint density at radius 2 is 2.05 bits per heavy atom. The Morgan fingerprint density at radius 1 is 1.26 bits per heavy atom. The van der Waals surface area contributed by atoms with Crippen molar-refractivity contribution in [3.8, 4) is 5.75 Å². The van der Waals surface area contributed by atoms with Gasteiger partial charge in [0, 0.05) is 31.7 Å². The lowest BCUT2D eigenvalue weighted by atomic mass is 10.2. The van der Waals surface area contributed by atoms with E-state index in [0.717, 1.165) is 38.3 Å². The van der Waals surface area contributed by atoms with Gasteiger partial charge in [0.1, 0.15) is 5.75 Å². The molecule has 0 unspecified atom stereocenters. The predicted octanol–water partition coefficient (Wildman–Crippen LogP) is 1.50. The summed E-state index contributed by atoms with van der Waals surface area (Å²) in [5.74, 6) is 0.920. The summed E-state index contributed by atoms with van der Waals surface area (Å²) in [5, 5.41) is 0. The third-order valence-electron chi connectivity index (χ3n) is 3.48. The van der Waals surface area contributed by atoms with Crippen LogP contribution in [0.4, 0.5) is 0 Å². The van der Waals surface area contributed by atoms with Crippen LogP contribution in [0.1, 0.15) is 12.8 Å². The molecule has 0 radical (unpaired) electrons. The molecular formula is C15H24N2O2. The van der Waals surface area contributed by atoms with E-state index >= 15 is 0 Å². The van der Waals surface area contributed by atoms with E-state index in [2.05, 4.69) is 11.9 Å². The fourth-order valence-corrected chi connectivity index (χ4v) is 2.41. The Labute approximate surface area is 115 Å². The van der Waals surface area contributed by atoms with Gasteiger partial charge >= 0.3 is 0 Å². The van der Waals surface area contributed by atoms with E-state index in [4.69, 9.17) is 15.2 Å². The maximum absolute atomic E-state index is 5.91. The summed E-state index contributed by atoms with van der Waals surface area (Å²) in [6, 6.07) is 10.7. The van der Waals surface area contributed by atoms with E-state index in [1.54, 1.807) is 0 Å². The fraction of sp³-hybridized carbons (Fsp3) is 0.600. The molecular weight excluding hydrogens is 240 g/mol. The molecule has 2 atom stereocenters. The van der Waals surface area contributed by atoms with Gasteiger partial charge in [0.05, 0.1) is 13.2 Å². The van der Waals surface area contributed by atoms with E-state index in [1.807, 2.05) is 30.3 Å². The first-order valence-corrected chi connectivity index (χ1v) is 6.97. The number of ether oxygens (including phenoxy) is 2. The van der Waals surface area contributed by atoms with Gasteiger partial charge in [-0.2, -0.15) is 0 Å². The minimum absolute atomic E-state index is 0.306. The summed E-state index contributed by atoms with van der Waals surface area (Å²) in [5.41, 5.74) is 5.91. The number of likely N-dealkylation sites (N-methyl/N-ethyl adjacent to an activating group) is 1. The van der Waals surface area contributed by atoms with Crippen LogP contribution in [-0.4, -0.2) is 50.4 Å². The van der Waals surface area contributed by atoms with Gasteiger partial charge < -0.3 is 15.2 Å². The van der Waals surface area contributed by atoms with Crippen molar-refractivity contribution in [2.24, 2.45) is 5.73 Å². The molecule has 19 heavy (non-hydrogen) atoms. The topological polar surface area (TPSA) is 47.7 Å². The molecule has 0 saturated carbocycles. The monoisotopic (exact) mass is 264 g/mol. The highest BCUT2D eigenvalue weighted by Gasteiger charge is 2.26. The normalized spacial score (nSPS) is 23.7. The van der Waals surface area contributed by atoms with Crippen molar-refractivity contribution in [3.05, 3.63) is 30.3 Å². The predicted molar refractivity (Wildman–Crippen MR) is 76.4 cm³/mol. The van der Waals surface area contributed by atoms with Crippen LogP contribution in [0, 0.1) is 0 Å². The fourth-order valence-electron chi connectivity index (χ4n) is 2.41. The molecule has 1 aromatic carbocycles. The van der Waals surface area contributed by atoms with Gasteiger partial charge in [0.25, 0.3) is 0 Å². The van der Waals surface area contributed by atoms with Crippen molar-refractivity contribution in [2.45, 2.75) is 24.9 Å². The number of benzene rings is 1. The van der Waals surface area contributed by atoms with Crippen LogP contribution in [0.5, 0.6) is 5.75 Å². The first kappa shape index (κ1) is 14.3. The maximum Gasteiger partial charge on any atom is 0.119 e. The molecule has 106 valence electrons. The molecule has 1 saturated heterocycles. The molecule has 1 heterocycles. The molecule has 1 aliphatic rings. The standard InChI is InChI=1S/C15H24N2O2/c1-17-11-13(16)10-14(17)12-18-8-5-9-19-15-6-3-2-4-7-15/h2-4,6-7,13-14H,5,8-12,16H2,1H3/t13-,14-/m1/s1. The molecule has 1 aliphatic heterocycles. The van der Waals surface area contributed by atoms with Crippen molar-refractivity contribution in [1.82, 2.24) is 4.90 Å². The molecule has 2 rings (SSSR count). The smallest absolute Gasteiger partial charge is 0.119 e. The third kappa shape index (κ3) is 4.82. The average Bonchev–Trinajstić information content (AvgIpc) is 2.73. The van der Waals surface area contributed by atoms with Gasteiger partial charge in [-0.05, 0) is 25.6 Å². The Balaban J connectivity index is 1.51. The summed E-state index contributed by atoms with van der Waals surface area (Å²) < 4.78 is 11.3. The van der Waals surface area contributed by atoms with Gasteiger partial charge in [0.15, 0.2) is 0 Å². The quantitative estimate of drug-likeness (QED) is 0.758. The van der Waals surface area contributed by atoms with Gasteiger partial charge in [-0.1, -0.05) is 18.2 Å². The zero-order valence-corrected chi connectivity index (χ0v) is 11.6. The molecule has 2 N–H and O–H groups in total. The second-order valence-electron chi connectivity index (χ2n) is 5.18. The van der Waals surface area contributed by atoms with Crippen LogP contribution < -0.4 is 10.5 Å². The Bertz CT molecular complexity index is 358. The number of nitrogens with zero attached hydrogens (tertiary/aromatic N) is 1. The SMILES string of the molecule is CN1C[C@H](N)C[C@@H]1COCCCOc1ccccc1. The number of likely N-dealkylation sites (tertiary alicyclic amines) is 1. The highest BCUT2D eigenvalue weighted by Crippen LogP contribution is 2.14. The molecule has 0 bridgehead atoms. The Kier molecular flexibility index (Phi) is 5.63. The number of nitrogens with two attached hydrogens (primary N) is 1. The zero-order valence-electron chi connectivity index (χ0n) is 11.6. The van der Waals surface area contributed by atoms with Crippen LogP contribution in [0.25, 0.3) is 0 Å². The van der Waals surface area contributed by atoms with Crippen LogP contribution in [0.2, 0.25) is 0 Å².